The van der Waals surface area contributed by atoms with E-state index < -0.39 is 39.2 Å². The van der Waals surface area contributed by atoms with Crippen molar-refractivity contribution >= 4 is 13.8 Å². The fourth-order valence-corrected chi connectivity index (χ4v) is 7.76. The van der Waals surface area contributed by atoms with Crippen molar-refractivity contribution in [1.29, 1.82) is 0 Å². The first kappa shape index (κ1) is 61.9. The van der Waals surface area contributed by atoms with Crippen LogP contribution < -0.4 is 0 Å². The van der Waals surface area contributed by atoms with Gasteiger partial charge in [0.05, 0.1) is 26.4 Å². The number of hydrogen-bond acceptors (Lipinski definition) is 8. The highest BCUT2D eigenvalue weighted by Crippen LogP contribution is 2.43. The summed E-state index contributed by atoms with van der Waals surface area (Å²) in [5.74, 6) is -0.392. The Hall–Kier alpha value is -2.10. The van der Waals surface area contributed by atoms with E-state index >= 15 is 0 Å². The lowest BCUT2D eigenvalue weighted by atomic mass is 10.1. The van der Waals surface area contributed by atoms with Gasteiger partial charge < -0.3 is 24.6 Å². The van der Waals surface area contributed by atoms with E-state index in [0.717, 1.165) is 83.5 Å². The SMILES string of the molecule is CC/C=C\C/C=C\C/C=C\C/C=C\CCCCCCCCCCC(=O)OC(COCCCCCCCCCCCC/C=C\C/C=C\CCCCCCC)COP(=O)(O)OCC(O)CO. The molecule has 0 fully saturated rings. The predicted octanol–water partition coefficient (Wildman–Crippen LogP) is 15.3. The Kier molecular flexibility index (Phi) is 48.7. The van der Waals surface area contributed by atoms with E-state index in [0.29, 0.717) is 6.61 Å². The van der Waals surface area contributed by atoms with Crippen molar-refractivity contribution in [2.45, 2.75) is 232 Å². The molecule has 0 aromatic carbocycles. The van der Waals surface area contributed by atoms with Gasteiger partial charge in [-0.2, -0.15) is 0 Å². The molecule has 0 radical (unpaired) electrons. The van der Waals surface area contributed by atoms with Crippen molar-refractivity contribution < 1.29 is 43.0 Å². The monoisotopic (exact) mass is 921 g/mol. The number of unbranched alkanes of at least 4 members (excludes halogenated alkanes) is 23. The van der Waals surface area contributed by atoms with Crippen LogP contribution in [-0.4, -0.2) is 66.3 Å². The lowest BCUT2D eigenvalue weighted by Gasteiger charge is -2.20. The number of carbonyl (C=O) groups is 1. The van der Waals surface area contributed by atoms with Crippen LogP contribution in [0.4, 0.5) is 0 Å². The molecule has 0 aliphatic rings. The number of carbonyl (C=O) groups excluding carboxylic acids is 1. The van der Waals surface area contributed by atoms with E-state index in [-0.39, 0.29) is 19.6 Å². The average Bonchev–Trinajstić information content (AvgIpc) is 3.29. The summed E-state index contributed by atoms with van der Waals surface area (Å²) in [5.41, 5.74) is 0. The second kappa shape index (κ2) is 50.3. The summed E-state index contributed by atoms with van der Waals surface area (Å²) < 4.78 is 33.5. The summed E-state index contributed by atoms with van der Waals surface area (Å²) in [6.07, 6.45) is 61.5. The van der Waals surface area contributed by atoms with E-state index in [1.165, 1.54) is 116 Å². The highest BCUT2D eigenvalue weighted by molar-refractivity contribution is 7.47. The van der Waals surface area contributed by atoms with E-state index in [1.54, 1.807) is 0 Å². The van der Waals surface area contributed by atoms with Gasteiger partial charge in [-0.1, -0.05) is 202 Å². The molecule has 64 heavy (non-hydrogen) atoms. The summed E-state index contributed by atoms with van der Waals surface area (Å²) in [7, 11) is -4.53. The van der Waals surface area contributed by atoms with Gasteiger partial charge in [0.15, 0.2) is 0 Å². The van der Waals surface area contributed by atoms with Crippen molar-refractivity contribution in [3.8, 4) is 0 Å². The van der Waals surface area contributed by atoms with Crippen LogP contribution in [-0.2, 0) is 27.9 Å². The lowest BCUT2D eigenvalue weighted by molar-refractivity contribution is -0.154. The number of rotatable bonds is 49. The third-order valence-corrected chi connectivity index (χ3v) is 11.8. The highest BCUT2D eigenvalue weighted by atomic mass is 31.2. The number of aliphatic hydroxyl groups excluding tert-OH is 2. The summed E-state index contributed by atoms with van der Waals surface area (Å²) in [4.78, 5) is 22.7. The molecule has 10 heteroatoms. The van der Waals surface area contributed by atoms with Crippen LogP contribution in [0.5, 0.6) is 0 Å². The Balaban J connectivity index is 4.10. The Morgan fingerprint density at radius 3 is 1.34 bits per heavy atom. The van der Waals surface area contributed by atoms with Crippen molar-refractivity contribution in [3.05, 3.63) is 72.9 Å². The van der Waals surface area contributed by atoms with Crippen LogP contribution in [0.3, 0.4) is 0 Å². The number of ether oxygens (including phenoxy) is 2. The van der Waals surface area contributed by atoms with Crippen molar-refractivity contribution in [2.24, 2.45) is 0 Å². The first-order chi connectivity index (χ1) is 31.3. The predicted molar refractivity (Wildman–Crippen MR) is 269 cm³/mol. The van der Waals surface area contributed by atoms with Gasteiger partial charge in [0.25, 0.3) is 0 Å². The van der Waals surface area contributed by atoms with Crippen molar-refractivity contribution in [2.75, 3.05) is 33.0 Å². The quantitative estimate of drug-likeness (QED) is 0.0236. The number of phosphoric acid groups is 1. The molecule has 3 N–H and O–H groups in total. The van der Waals surface area contributed by atoms with Gasteiger partial charge in [0.1, 0.15) is 12.2 Å². The van der Waals surface area contributed by atoms with E-state index in [9.17, 15) is 19.4 Å². The number of phosphoric ester groups is 1. The average molecular weight is 921 g/mol. The summed E-state index contributed by atoms with van der Waals surface area (Å²) in [5, 5.41) is 18.4. The smallest absolute Gasteiger partial charge is 0.457 e. The van der Waals surface area contributed by atoms with Gasteiger partial charge in [-0.05, 0) is 83.5 Å². The molecule has 372 valence electrons. The van der Waals surface area contributed by atoms with Crippen molar-refractivity contribution in [1.82, 2.24) is 0 Å². The molecular formula is C54H97O9P. The minimum absolute atomic E-state index is 0.0411. The molecule has 0 amide bonds. The largest absolute Gasteiger partial charge is 0.472 e. The maximum Gasteiger partial charge on any atom is 0.472 e. The van der Waals surface area contributed by atoms with Crippen molar-refractivity contribution in [3.63, 3.8) is 0 Å². The summed E-state index contributed by atoms with van der Waals surface area (Å²) in [6.45, 7) is 3.39. The van der Waals surface area contributed by atoms with Crippen LogP contribution in [0.2, 0.25) is 0 Å². The number of esters is 1. The maximum atomic E-state index is 12.7. The molecule has 0 aliphatic carbocycles. The molecule has 0 heterocycles. The molecule has 0 aromatic heterocycles. The molecule has 0 aliphatic heterocycles. The topological polar surface area (TPSA) is 132 Å². The maximum absolute atomic E-state index is 12.7. The van der Waals surface area contributed by atoms with Gasteiger partial charge in [0.2, 0.25) is 0 Å². The first-order valence-electron chi connectivity index (χ1n) is 25.9. The third-order valence-electron chi connectivity index (χ3n) is 10.9. The van der Waals surface area contributed by atoms with Crippen LogP contribution in [0.1, 0.15) is 219 Å². The molecule has 3 unspecified atom stereocenters. The second-order valence-electron chi connectivity index (χ2n) is 17.2. The summed E-state index contributed by atoms with van der Waals surface area (Å²) >= 11 is 0. The second-order valence-corrected chi connectivity index (χ2v) is 18.6. The van der Waals surface area contributed by atoms with Gasteiger partial charge in [-0.3, -0.25) is 13.8 Å². The Morgan fingerprint density at radius 2 is 0.891 bits per heavy atom. The fourth-order valence-electron chi connectivity index (χ4n) is 6.97. The molecule has 0 saturated carbocycles. The minimum atomic E-state index is -4.53. The van der Waals surface area contributed by atoms with E-state index in [2.05, 4.69) is 86.8 Å². The van der Waals surface area contributed by atoms with Gasteiger partial charge in [-0.25, -0.2) is 4.57 Å². The van der Waals surface area contributed by atoms with Crippen LogP contribution in [0, 0.1) is 0 Å². The Morgan fingerprint density at radius 1 is 0.500 bits per heavy atom. The van der Waals surface area contributed by atoms with Gasteiger partial charge in [-0.15, -0.1) is 0 Å². The molecule has 0 rings (SSSR count). The van der Waals surface area contributed by atoms with Crippen LogP contribution in [0.15, 0.2) is 72.9 Å². The molecule has 9 nitrogen and oxygen atoms in total. The summed E-state index contributed by atoms with van der Waals surface area (Å²) in [6, 6.07) is 0. The van der Waals surface area contributed by atoms with E-state index in [1.807, 2.05) is 0 Å². The third kappa shape index (κ3) is 49.3. The standard InChI is InChI=1S/C54H97O9P/c1-3-5-7-9-11-13-15-17-19-21-23-25-27-29-31-33-35-37-39-41-43-45-47-60-50-53(51-62-64(58,59)61-49-52(56)48-55)63-54(57)46-44-42-40-38-36-34-32-30-28-26-24-22-20-18-16-14-12-10-8-6-4-2/h6,8,12,14-15,17-18,20-21,23-24,26,52-53,55-56H,3-5,7,9-11,13,16,19,22,25,27-51H2,1-2H3,(H,58,59)/b8-6-,14-12-,17-15-,20-18-,23-21-,26-24-. The van der Waals surface area contributed by atoms with Gasteiger partial charge in [0, 0.05) is 13.0 Å². The number of aliphatic hydroxyl groups is 2. The molecule has 0 bridgehead atoms. The molecular weight excluding hydrogens is 824 g/mol. The molecule has 0 aromatic rings. The molecule has 3 atom stereocenters. The Labute approximate surface area is 392 Å². The lowest BCUT2D eigenvalue weighted by Crippen LogP contribution is -2.29. The normalized spacial score (nSPS) is 14.4. The molecule has 0 saturated heterocycles. The van der Waals surface area contributed by atoms with Gasteiger partial charge >= 0.3 is 13.8 Å². The van der Waals surface area contributed by atoms with E-state index in [4.69, 9.17) is 23.6 Å². The minimum Gasteiger partial charge on any atom is -0.457 e. The zero-order valence-electron chi connectivity index (χ0n) is 41.0. The number of allylic oxidation sites excluding steroid dienone is 12. The molecule has 0 spiro atoms. The zero-order chi connectivity index (χ0) is 46.7. The first-order valence-corrected chi connectivity index (χ1v) is 27.4. The highest BCUT2D eigenvalue weighted by Gasteiger charge is 2.26. The van der Waals surface area contributed by atoms with Crippen LogP contribution in [0.25, 0.3) is 0 Å². The van der Waals surface area contributed by atoms with Crippen LogP contribution >= 0.6 is 7.82 Å². The number of hydrogen-bond donors (Lipinski definition) is 3. The Bertz CT molecular complexity index is 1230. The fraction of sp³-hybridized carbons (Fsp3) is 0.759. The zero-order valence-corrected chi connectivity index (χ0v) is 41.9.